The molecule has 0 radical (unpaired) electrons. The van der Waals surface area contributed by atoms with Crippen molar-refractivity contribution in [2.24, 2.45) is 5.92 Å². The predicted molar refractivity (Wildman–Crippen MR) is 93.0 cm³/mol. The quantitative estimate of drug-likeness (QED) is 0.812. The molecule has 1 aliphatic rings. The van der Waals surface area contributed by atoms with E-state index in [1.807, 2.05) is 13.0 Å². The van der Waals surface area contributed by atoms with E-state index in [9.17, 15) is 9.90 Å². The minimum Gasteiger partial charge on any atom is -0.396 e. The van der Waals surface area contributed by atoms with Gasteiger partial charge in [0.1, 0.15) is 0 Å². The molecule has 1 aromatic rings. The zero-order valence-corrected chi connectivity index (χ0v) is 14.4. The van der Waals surface area contributed by atoms with E-state index in [-0.39, 0.29) is 24.0 Å². The Balaban J connectivity index is 1.91. The average Bonchev–Trinajstić information content (AvgIpc) is 2.56. The van der Waals surface area contributed by atoms with Gasteiger partial charge >= 0.3 is 0 Å². The summed E-state index contributed by atoms with van der Waals surface area (Å²) in [6, 6.07) is 10.4. The number of aliphatic hydroxyl groups is 1. The molecule has 0 saturated carbocycles. The number of carbonyl (C=O) groups is 1. The fourth-order valence-electron chi connectivity index (χ4n) is 3.23. The first-order valence-corrected chi connectivity index (χ1v) is 8.75. The van der Waals surface area contributed by atoms with Gasteiger partial charge in [0.15, 0.2) is 0 Å². The van der Waals surface area contributed by atoms with Gasteiger partial charge in [-0.2, -0.15) is 0 Å². The second kappa shape index (κ2) is 8.46. The Labute approximate surface area is 139 Å². The summed E-state index contributed by atoms with van der Waals surface area (Å²) in [5.74, 6) is 0.192. The van der Waals surface area contributed by atoms with E-state index in [4.69, 9.17) is 0 Å². The van der Waals surface area contributed by atoms with Crippen molar-refractivity contribution in [3.63, 3.8) is 0 Å². The van der Waals surface area contributed by atoms with Gasteiger partial charge in [-0.15, -0.1) is 0 Å². The van der Waals surface area contributed by atoms with Crippen molar-refractivity contribution in [3.05, 3.63) is 35.9 Å². The van der Waals surface area contributed by atoms with E-state index >= 15 is 0 Å². The highest BCUT2D eigenvalue weighted by atomic mass is 16.3. The molecule has 128 valence electrons. The fraction of sp³-hybridized carbons (Fsp3) is 0.632. The number of hydrogen-bond acceptors (Lipinski definition) is 3. The Hall–Kier alpha value is -1.39. The summed E-state index contributed by atoms with van der Waals surface area (Å²) in [4.78, 5) is 15.0. The monoisotopic (exact) mass is 318 g/mol. The zero-order valence-electron chi connectivity index (χ0n) is 14.4. The maximum atomic E-state index is 12.6. The first-order chi connectivity index (χ1) is 11.1. The van der Waals surface area contributed by atoms with Gasteiger partial charge in [-0.1, -0.05) is 37.3 Å². The summed E-state index contributed by atoms with van der Waals surface area (Å²) >= 11 is 0. The van der Waals surface area contributed by atoms with Gasteiger partial charge in [0.05, 0.1) is 5.92 Å². The maximum Gasteiger partial charge on any atom is 0.224 e. The lowest BCUT2D eigenvalue weighted by molar-refractivity contribution is -0.128. The van der Waals surface area contributed by atoms with E-state index in [0.717, 1.165) is 38.9 Å². The molecule has 2 rings (SSSR count). The van der Waals surface area contributed by atoms with Gasteiger partial charge in [-0.3, -0.25) is 9.69 Å². The second-order valence-electron chi connectivity index (χ2n) is 6.94. The molecule has 23 heavy (non-hydrogen) atoms. The Kier molecular flexibility index (Phi) is 6.60. The highest BCUT2D eigenvalue weighted by Gasteiger charge is 2.30. The third-order valence-electron chi connectivity index (χ3n) is 4.99. The largest absolute Gasteiger partial charge is 0.396 e. The van der Waals surface area contributed by atoms with E-state index in [1.165, 1.54) is 5.56 Å². The van der Waals surface area contributed by atoms with Gasteiger partial charge in [0.25, 0.3) is 0 Å². The molecular formula is C19H30N2O2. The smallest absolute Gasteiger partial charge is 0.224 e. The number of benzene rings is 1. The Morgan fingerprint density at radius 2 is 2.13 bits per heavy atom. The van der Waals surface area contributed by atoms with Gasteiger partial charge in [0, 0.05) is 25.2 Å². The number of carbonyl (C=O) groups excluding carboxylic acids is 1. The number of rotatable bonds is 7. The zero-order chi connectivity index (χ0) is 16.7. The maximum absolute atomic E-state index is 12.6. The molecule has 4 heteroatoms. The van der Waals surface area contributed by atoms with Crippen molar-refractivity contribution >= 4 is 5.91 Å². The first-order valence-electron chi connectivity index (χ1n) is 8.75. The number of nitrogens with one attached hydrogen (secondary N) is 1. The van der Waals surface area contributed by atoms with Crippen molar-refractivity contribution in [2.75, 3.05) is 19.7 Å². The molecule has 0 bridgehead atoms. The molecule has 1 aromatic carbocycles. The molecule has 1 aliphatic heterocycles. The third-order valence-corrected chi connectivity index (χ3v) is 4.99. The summed E-state index contributed by atoms with van der Waals surface area (Å²) in [6.07, 6.45) is 3.46. The number of hydrogen-bond donors (Lipinski definition) is 2. The molecule has 2 N–H and O–H groups in total. The van der Waals surface area contributed by atoms with E-state index in [0.29, 0.717) is 6.42 Å². The van der Waals surface area contributed by atoms with Gasteiger partial charge in [0.2, 0.25) is 5.91 Å². The molecule has 1 fully saturated rings. The van der Waals surface area contributed by atoms with E-state index < -0.39 is 0 Å². The highest BCUT2D eigenvalue weighted by Crippen LogP contribution is 2.21. The molecule has 1 amide bonds. The molecule has 2 unspecified atom stereocenters. The van der Waals surface area contributed by atoms with Crippen molar-refractivity contribution < 1.29 is 9.90 Å². The summed E-state index contributed by atoms with van der Waals surface area (Å²) < 4.78 is 0. The van der Waals surface area contributed by atoms with Crippen LogP contribution in [0.15, 0.2) is 30.3 Å². The summed E-state index contributed by atoms with van der Waals surface area (Å²) in [5, 5.41) is 12.4. The minimum absolute atomic E-state index is 0.0528. The fourth-order valence-corrected chi connectivity index (χ4v) is 3.23. The lowest BCUT2D eigenvalue weighted by Gasteiger charge is -2.35. The Morgan fingerprint density at radius 1 is 1.39 bits per heavy atom. The van der Waals surface area contributed by atoms with Crippen LogP contribution in [0.1, 0.15) is 45.1 Å². The van der Waals surface area contributed by atoms with E-state index in [1.54, 1.807) is 0 Å². The Morgan fingerprint density at radius 3 is 2.78 bits per heavy atom. The second-order valence-corrected chi connectivity index (χ2v) is 6.94. The van der Waals surface area contributed by atoms with Crippen LogP contribution in [0.5, 0.6) is 0 Å². The van der Waals surface area contributed by atoms with Crippen molar-refractivity contribution in [2.45, 2.75) is 51.6 Å². The normalized spacial score (nSPS) is 21.6. The number of aliphatic hydroxyl groups excluding tert-OH is 1. The molecule has 0 aliphatic carbocycles. The van der Waals surface area contributed by atoms with Gasteiger partial charge in [-0.05, 0) is 44.7 Å². The molecule has 0 spiro atoms. The minimum atomic E-state index is -0.298. The predicted octanol–water partition coefficient (Wildman–Crippen LogP) is 2.57. The number of nitrogens with zero attached hydrogens (tertiary/aromatic N) is 1. The first kappa shape index (κ1) is 18.0. The summed E-state index contributed by atoms with van der Waals surface area (Å²) in [6.45, 7) is 6.96. The van der Waals surface area contributed by atoms with Crippen LogP contribution in [0.3, 0.4) is 0 Å². The topological polar surface area (TPSA) is 52.6 Å². The van der Waals surface area contributed by atoms with Crippen LogP contribution >= 0.6 is 0 Å². The van der Waals surface area contributed by atoms with E-state index in [2.05, 4.69) is 41.4 Å². The molecule has 2 atom stereocenters. The Bertz CT molecular complexity index is 491. The number of likely N-dealkylation sites (tertiary alicyclic amines) is 1. The average molecular weight is 318 g/mol. The third kappa shape index (κ3) is 5.33. The summed E-state index contributed by atoms with van der Waals surface area (Å²) in [5.41, 5.74) is 1.00. The SMILES string of the molecule is CCC(C)(CCO)NC(=O)C1CCCN(Cc2ccccc2)C1. The van der Waals surface area contributed by atoms with Gasteiger partial charge < -0.3 is 10.4 Å². The standard InChI is InChI=1S/C19H30N2O2/c1-3-19(2,11-13-22)20-18(23)17-10-7-12-21(15-17)14-16-8-5-4-6-9-16/h4-6,8-9,17,22H,3,7,10-15H2,1-2H3,(H,20,23). The van der Waals surface area contributed by atoms with Crippen LogP contribution in [-0.2, 0) is 11.3 Å². The van der Waals surface area contributed by atoms with Crippen LogP contribution in [0, 0.1) is 5.92 Å². The molecule has 1 saturated heterocycles. The van der Waals surface area contributed by atoms with Crippen LogP contribution in [0.25, 0.3) is 0 Å². The van der Waals surface area contributed by atoms with Crippen LogP contribution in [0.4, 0.5) is 0 Å². The molecule has 1 heterocycles. The highest BCUT2D eigenvalue weighted by molar-refractivity contribution is 5.79. The number of amides is 1. The van der Waals surface area contributed by atoms with Crippen LogP contribution in [-0.4, -0.2) is 41.1 Å². The van der Waals surface area contributed by atoms with Crippen molar-refractivity contribution in [1.82, 2.24) is 10.2 Å². The van der Waals surface area contributed by atoms with Gasteiger partial charge in [-0.25, -0.2) is 0 Å². The van der Waals surface area contributed by atoms with Crippen molar-refractivity contribution in [3.8, 4) is 0 Å². The number of piperidine rings is 1. The summed E-state index contributed by atoms with van der Waals surface area (Å²) in [7, 11) is 0. The van der Waals surface area contributed by atoms with Crippen LogP contribution in [0.2, 0.25) is 0 Å². The molecular weight excluding hydrogens is 288 g/mol. The molecule has 0 aromatic heterocycles. The van der Waals surface area contributed by atoms with Crippen LogP contribution < -0.4 is 5.32 Å². The lowest BCUT2D eigenvalue weighted by atomic mass is 9.91. The molecule has 4 nitrogen and oxygen atoms in total. The lowest BCUT2D eigenvalue weighted by Crippen LogP contribution is -2.51. The van der Waals surface area contributed by atoms with Crippen molar-refractivity contribution in [1.29, 1.82) is 0 Å².